The van der Waals surface area contributed by atoms with Gasteiger partial charge in [-0.05, 0) is 72.2 Å². The molecule has 1 amide bonds. The van der Waals surface area contributed by atoms with Crippen molar-refractivity contribution in [1.29, 1.82) is 0 Å². The van der Waals surface area contributed by atoms with Crippen LogP contribution in [0, 0.1) is 0 Å². The number of rotatable bonds is 12. The number of carbonyl (C=O) groups excluding carboxylic acids is 2. The molecule has 0 aromatic heterocycles. The van der Waals surface area contributed by atoms with Crippen molar-refractivity contribution >= 4 is 57.8 Å². The van der Waals surface area contributed by atoms with Gasteiger partial charge >= 0.3 is 5.97 Å². The van der Waals surface area contributed by atoms with Crippen molar-refractivity contribution < 1.29 is 28.5 Å². The van der Waals surface area contributed by atoms with Crippen LogP contribution in [0.25, 0.3) is 10.8 Å². The fourth-order valence-corrected chi connectivity index (χ4v) is 5.59. The molecule has 47 heavy (non-hydrogen) atoms. The Morgan fingerprint density at radius 3 is 2.55 bits per heavy atom. The number of carbonyl (C=O) groups is 2. The van der Waals surface area contributed by atoms with Crippen LogP contribution in [0.4, 0.5) is 0 Å². The van der Waals surface area contributed by atoms with Crippen molar-refractivity contribution in [2.24, 2.45) is 5.10 Å². The van der Waals surface area contributed by atoms with Crippen LogP contribution in [-0.4, -0.2) is 43.5 Å². The number of nitrogens with one attached hydrogen (secondary N) is 3. The van der Waals surface area contributed by atoms with Gasteiger partial charge in [-0.3, -0.25) is 4.79 Å². The van der Waals surface area contributed by atoms with Gasteiger partial charge in [0, 0.05) is 11.3 Å². The normalized spacial score (nSPS) is 14.4. The van der Waals surface area contributed by atoms with E-state index >= 15 is 0 Å². The Balaban J connectivity index is 1.21. The van der Waals surface area contributed by atoms with Gasteiger partial charge in [-0.1, -0.05) is 66.2 Å². The van der Waals surface area contributed by atoms with Gasteiger partial charge in [-0.25, -0.2) is 10.2 Å². The molecule has 0 unspecified atom stereocenters. The summed E-state index contributed by atoms with van der Waals surface area (Å²) >= 11 is 11.9. The second-order valence-corrected chi connectivity index (χ2v) is 11.2. The maximum absolute atomic E-state index is 12.8. The van der Waals surface area contributed by atoms with Crippen molar-refractivity contribution in [3.63, 3.8) is 0 Å². The van der Waals surface area contributed by atoms with Crippen LogP contribution in [0.15, 0.2) is 95.2 Å². The van der Waals surface area contributed by atoms with E-state index in [1.54, 1.807) is 50.2 Å². The van der Waals surface area contributed by atoms with Gasteiger partial charge in [0.1, 0.15) is 12.4 Å². The molecule has 4 aromatic rings. The smallest absolute Gasteiger partial charge is 0.338 e. The Morgan fingerprint density at radius 2 is 1.77 bits per heavy atom. The zero-order valence-corrected chi connectivity index (χ0v) is 27.5. The Kier molecular flexibility index (Phi) is 10.9. The van der Waals surface area contributed by atoms with Crippen LogP contribution >= 0.6 is 23.8 Å². The molecule has 0 aliphatic carbocycles. The monoisotopic (exact) mass is 672 g/mol. The van der Waals surface area contributed by atoms with Crippen molar-refractivity contribution in [1.82, 2.24) is 16.1 Å². The molecule has 0 saturated heterocycles. The quantitative estimate of drug-likeness (QED) is 0.0724. The highest BCUT2D eigenvalue weighted by molar-refractivity contribution is 7.80. The number of esters is 1. The van der Waals surface area contributed by atoms with Crippen LogP contribution in [0.2, 0.25) is 5.02 Å². The van der Waals surface area contributed by atoms with Crippen LogP contribution in [0.1, 0.15) is 36.6 Å². The zero-order chi connectivity index (χ0) is 33.3. The summed E-state index contributed by atoms with van der Waals surface area (Å²) in [4.78, 5) is 25.4. The van der Waals surface area contributed by atoms with Gasteiger partial charge in [-0.15, -0.1) is 0 Å². The third-order valence-corrected chi connectivity index (χ3v) is 7.71. The number of methoxy groups -OCH3 is 1. The summed E-state index contributed by atoms with van der Waals surface area (Å²) in [5, 5.41) is 13.1. The molecular formula is C35H33ClN4O6S. The number of benzene rings is 4. The Hall–Kier alpha value is -5.13. The molecule has 1 atom stereocenters. The van der Waals surface area contributed by atoms with Crippen molar-refractivity contribution in [2.45, 2.75) is 26.5 Å². The standard InChI is InChI=1S/C35H33ClN4O6S/c1-4-44-34(42)31-21(2)38-35(47)39-32(31)26-11-7-8-12-28(26)45-20-30(41)40-37-18-23-16-27(36)33(29(17-23)43-3)46-19-22-13-14-24-9-5-6-10-25(24)15-22/h5-18,32H,4,19-20H2,1-3H3,(H,40,41)(H2,38,39,47)/t32-/m1/s1. The number of halogens is 1. The van der Waals surface area contributed by atoms with Gasteiger partial charge in [0.05, 0.1) is 36.6 Å². The molecule has 0 bridgehead atoms. The number of para-hydroxylation sites is 1. The minimum Gasteiger partial charge on any atom is -0.493 e. The summed E-state index contributed by atoms with van der Waals surface area (Å²) in [7, 11) is 1.52. The van der Waals surface area contributed by atoms with E-state index in [1.807, 2.05) is 24.3 Å². The fraction of sp³-hybridized carbons (Fsp3) is 0.200. The Labute approximate surface area is 282 Å². The first kappa shape index (κ1) is 33.2. The number of thiocarbonyl (C=S) groups is 1. The average Bonchev–Trinajstić information content (AvgIpc) is 3.06. The minimum atomic E-state index is -0.640. The predicted octanol–water partition coefficient (Wildman–Crippen LogP) is 5.97. The number of hydrogen-bond acceptors (Lipinski definition) is 8. The number of allylic oxidation sites excluding steroid dienone is 1. The van der Waals surface area contributed by atoms with E-state index in [9.17, 15) is 9.59 Å². The topological polar surface area (TPSA) is 120 Å². The summed E-state index contributed by atoms with van der Waals surface area (Å²) < 4.78 is 22.7. The Bertz CT molecular complexity index is 1880. The number of hydrogen-bond donors (Lipinski definition) is 3. The number of hydrazone groups is 1. The molecular weight excluding hydrogens is 640 g/mol. The molecule has 12 heteroatoms. The maximum atomic E-state index is 12.8. The number of nitrogens with zero attached hydrogens (tertiary/aromatic N) is 1. The molecule has 10 nitrogen and oxygen atoms in total. The number of amides is 1. The molecule has 3 N–H and O–H groups in total. The van der Waals surface area contributed by atoms with Crippen molar-refractivity contribution in [3.8, 4) is 17.2 Å². The molecule has 242 valence electrons. The third kappa shape index (κ3) is 8.18. The van der Waals surface area contributed by atoms with E-state index in [2.05, 4.69) is 39.4 Å². The molecule has 0 saturated carbocycles. The highest BCUT2D eigenvalue weighted by Gasteiger charge is 2.32. The summed E-state index contributed by atoms with van der Waals surface area (Å²) in [5.41, 5.74) is 5.57. The molecule has 1 aliphatic rings. The summed E-state index contributed by atoms with van der Waals surface area (Å²) in [6, 6.07) is 24.0. The van der Waals surface area contributed by atoms with E-state index in [0.29, 0.717) is 56.4 Å². The van der Waals surface area contributed by atoms with Crippen LogP contribution in [-0.2, 0) is 20.9 Å². The van der Waals surface area contributed by atoms with Crippen LogP contribution in [0.5, 0.6) is 17.2 Å². The highest BCUT2D eigenvalue weighted by atomic mass is 35.5. The zero-order valence-electron chi connectivity index (χ0n) is 26.0. The molecule has 5 rings (SSSR count). The molecule has 0 spiro atoms. The van der Waals surface area contributed by atoms with E-state index < -0.39 is 17.9 Å². The maximum Gasteiger partial charge on any atom is 0.338 e. The van der Waals surface area contributed by atoms with Crippen molar-refractivity contribution in [2.75, 3.05) is 20.3 Å². The molecule has 0 radical (unpaired) electrons. The van der Waals surface area contributed by atoms with E-state index in [4.69, 9.17) is 42.8 Å². The second kappa shape index (κ2) is 15.4. The molecule has 0 fully saturated rings. The van der Waals surface area contributed by atoms with Gasteiger partial charge in [-0.2, -0.15) is 5.10 Å². The van der Waals surface area contributed by atoms with Crippen LogP contribution in [0.3, 0.4) is 0 Å². The summed E-state index contributed by atoms with van der Waals surface area (Å²) in [5.74, 6) is 0.217. The fourth-order valence-electron chi connectivity index (χ4n) is 5.05. The number of fused-ring (bicyclic) bond motifs is 1. The molecule has 1 aliphatic heterocycles. The average molecular weight is 673 g/mol. The van der Waals surface area contributed by atoms with Crippen molar-refractivity contribution in [3.05, 3.63) is 112 Å². The lowest BCUT2D eigenvalue weighted by atomic mass is 9.95. The lowest BCUT2D eigenvalue weighted by Gasteiger charge is -2.30. The third-order valence-electron chi connectivity index (χ3n) is 7.20. The lowest BCUT2D eigenvalue weighted by molar-refractivity contribution is -0.139. The lowest BCUT2D eigenvalue weighted by Crippen LogP contribution is -2.45. The predicted molar refractivity (Wildman–Crippen MR) is 185 cm³/mol. The Morgan fingerprint density at radius 1 is 1.00 bits per heavy atom. The minimum absolute atomic E-state index is 0.217. The first-order valence-corrected chi connectivity index (χ1v) is 15.5. The molecule has 4 aromatic carbocycles. The van der Waals surface area contributed by atoms with Crippen LogP contribution < -0.4 is 30.3 Å². The first-order valence-electron chi connectivity index (χ1n) is 14.7. The number of ether oxygens (including phenoxy) is 4. The van der Waals surface area contributed by atoms with Gasteiger partial charge in [0.15, 0.2) is 23.2 Å². The summed E-state index contributed by atoms with van der Waals surface area (Å²) in [6.07, 6.45) is 1.44. The van der Waals surface area contributed by atoms with Gasteiger partial charge in [0.25, 0.3) is 5.91 Å². The summed E-state index contributed by atoms with van der Waals surface area (Å²) in [6.45, 7) is 3.66. The van der Waals surface area contributed by atoms with E-state index in [1.165, 1.54) is 13.3 Å². The second-order valence-electron chi connectivity index (χ2n) is 10.4. The SMILES string of the molecule is CCOC(=O)C1=C(C)NC(=S)N[C@@H]1c1ccccc1OCC(=O)NN=Cc1cc(Cl)c(OCc2ccc3ccccc3c2)c(OC)c1. The van der Waals surface area contributed by atoms with E-state index in [-0.39, 0.29) is 13.2 Å². The first-order chi connectivity index (χ1) is 22.8. The van der Waals surface area contributed by atoms with Gasteiger partial charge < -0.3 is 29.6 Å². The largest absolute Gasteiger partial charge is 0.493 e. The van der Waals surface area contributed by atoms with E-state index in [0.717, 1.165) is 16.3 Å². The molecule has 1 heterocycles. The highest BCUT2D eigenvalue weighted by Crippen LogP contribution is 2.37. The van der Waals surface area contributed by atoms with Gasteiger partial charge in [0.2, 0.25) is 0 Å².